The number of amides is 2. The van der Waals surface area contributed by atoms with Gasteiger partial charge >= 0.3 is 12.2 Å². The fraction of sp³-hybridized carbons (Fsp3) is 0.292. The maximum atomic E-state index is 14.9. The van der Waals surface area contributed by atoms with E-state index >= 15 is 0 Å². The van der Waals surface area contributed by atoms with Crippen molar-refractivity contribution in [2.45, 2.75) is 38.6 Å². The highest BCUT2D eigenvalue weighted by atomic mass is 28.3. The van der Waals surface area contributed by atoms with Gasteiger partial charge in [0.1, 0.15) is 18.1 Å². The van der Waals surface area contributed by atoms with Gasteiger partial charge in [0, 0.05) is 51.1 Å². The number of benzene rings is 1. The summed E-state index contributed by atoms with van der Waals surface area (Å²) in [5.41, 5.74) is -1.16. The predicted molar refractivity (Wildman–Crippen MR) is 137 cm³/mol. The van der Waals surface area contributed by atoms with Gasteiger partial charge in [0.2, 0.25) is 0 Å². The number of nitrogens with zero attached hydrogens (tertiary/aromatic N) is 3. The number of hydrogen-bond donors (Lipinski definition) is 3. The molecule has 0 aliphatic rings. The molecule has 0 aliphatic heterocycles. The van der Waals surface area contributed by atoms with Crippen LogP contribution >= 0.6 is 0 Å². The van der Waals surface area contributed by atoms with Gasteiger partial charge in [-0.1, -0.05) is 19.6 Å². The van der Waals surface area contributed by atoms with Gasteiger partial charge < -0.3 is 24.7 Å². The first-order valence-electron chi connectivity index (χ1n) is 11.7. The average Bonchev–Trinajstić information content (AvgIpc) is 3.46. The number of alkyl halides is 3. The number of hydrogen-bond acceptors (Lipinski definition) is 5. The third-order valence-corrected chi connectivity index (χ3v) is 7.18. The van der Waals surface area contributed by atoms with Crippen LogP contribution in [-0.4, -0.2) is 40.5 Å². The molecule has 4 aromatic rings. The van der Waals surface area contributed by atoms with Gasteiger partial charge in [-0.15, -0.1) is 0 Å². The van der Waals surface area contributed by atoms with Crippen molar-refractivity contribution in [1.29, 1.82) is 0 Å². The van der Waals surface area contributed by atoms with E-state index in [1.807, 2.05) is 0 Å². The van der Waals surface area contributed by atoms with E-state index in [1.165, 1.54) is 23.2 Å². The summed E-state index contributed by atoms with van der Waals surface area (Å²) in [7, 11) is -1.42. The Balaban J connectivity index is 1.60. The highest BCUT2D eigenvalue weighted by Crippen LogP contribution is 2.42. The summed E-state index contributed by atoms with van der Waals surface area (Å²) in [6.45, 7) is 6.60. The molecule has 0 radical (unpaired) electrons. The smallest absolute Gasteiger partial charge is 0.418 e. The third kappa shape index (κ3) is 6.91. The molecule has 0 atom stereocenters. The van der Waals surface area contributed by atoms with Crippen molar-refractivity contribution in [3.05, 3.63) is 60.2 Å². The minimum Gasteiger partial charge on any atom is -0.450 e. The van der Waals surface area contributed by atoms with E-state index in [-0.39, 0.29) is 18.1 Å². The molecule has 39 heavy (non-hydrogen) atoms. The van der Waals surface area contributed by atoms with Crippen LogP contribution in [0.15, 0.2) is 43.0 Å². The third-order valence-electron chi connectivity index (χ3n) is 5.48. The number of carbonyl (C=O) groups is 1. The molecule has 208 valence electrons. The molecule has 3 N–H and O–H groups in total. The summed E-state index contributed by atoms with van der Waals surface area (Å²) in [4.78, 5) is 16.1. The van der Waals surface area contributed by atoms with Crippen LogP contribution in [0.5, 0.6) is 11.5 Å². The number of aromatic nitrogens is 4. The highest BCUT2D eigenvalue weighted by Gasteiger charge is 2.37. The molecular weight excluding hydrogens is 543 g/mol. The number of H-pyrrole nitrogens is 1. The monoisotopic (exact) mass is 568 g/mol. The predicted octanol–water partition coefficient (Wildman–Crippen LogP) is 6.81. The van der Waals surface area contributed by atoms with Gasteiger partial charge in [0.05, 0.1) is 22.8 Å². The van der Waals surface area contributed by atoms with Gasteiger partial charge in [-0.25, -0.2) is 18.6 Å². The fourth-order valence-corrected chi connectivity index (χ4v) is 4.33. The number of urea groups is 1. The van der Waals surface area contributed by atoms with Crippen LogP contribution in [0.4, 0.5) is 38.1 Å². The number of anilines is 2. The van der Waals surface area contributed by atoms with Crippen LogP contribution in [0.2, 0.25) is 25.7 Å². The van der Waals surface area contributed by atoms with Crippen LogP contribution in [0.25, 0.3) is 11.0 Å². The summed E-state index contributed by atoms with van der Waals surface area (Å²) in [6.07, 6.45) is -0.111. The maximum absolute atomic E-state index is 14.9. The summed E-state index contributed by atoms with van der Waals surface area (Å²) in [6, 6.07) is 2.64. The van der Waals surface area contributed by atoms with E-state index in [4.69, 9.17) is 9.47 Å². The second kappa shape index (κ2) is 11.0. The summed E-state index contributed by atoms with van der Waals surface area (Å²) >= 11 is 0. The number of nitrogens with one attached hydrogen (secondary N) is 3. The second-order valence-corrected chi connectivity index (χ2v) is 15.4. The SMILES string of the molecule is C[Si](C)(C)CCOCn1cc(C(F)(F)F)c2c(Oc3c(F)cc(NC(=O)Nc4cn[nH]c4)cc3F)ccnc21. The van der Waals surface area contributed by atoms with Crippen molar-refractivity contribution in [3.8, 4) is 11.5 Å². The number of ether oxygens (including phenoxy) is 2. The van der Waals surface area contributed by atoms with Gasteiger partial charge in [0.25, 0.3) is 0 Å². The lowest BCUT2D eigenvalue weighted by molar-refractivity contribution is -0.136. The van der Waals surface area contributed by atoms with E-state index < -0.39 is 54.4 Å². The second-order valence-electron chi connectivity index (χ2n) is 9.80. The Morgan fingerprint density at radius 1 is 1.13 bits per heavy atom. The zero-order chi connectivity index (χ0) is 28.4. The molecule has 4 rings (SSSR count). The molecule has 9 nitrogen and oxygen atoms in total. The molecule has 0 saturated heterocycles. The molecule has 3 heterocycles. The van der Waals surface area contributed by atoms with Crippen molar-refractivity contribution in [1.82, 2.24) is 19.7 Å². The Morgan fingerprint density at radius 2 is 1.82 bits per heavy atom. The molecule has 3 aromatic heterocycles. The molecule has 15 heteroatoms. The molecule has 0 unspecified atom stereocenters. The minimum absolute atomic E-state index is 0.122. The van der Waals surface area contributed by atoms with Crippen molar-refractivity contribution < 1.29 is 36.2 Å². The van der Waals surface area contributed by atoms with Crippen LogP contribution in [0.1, 0.15) is 5.56 Å². The topological polar surface area (TPSA) is 106 Å². The first-order valence-corrected chi connectivity index (χ1v) is 15.4. The number of rotatable bonds is 9. The van der Waals surface area contributed by atoms with Crippen LogP contribution in [0.3, 0.4) is 0 Å². The van der Waals surface area contributed by atoms with Crippen molar-refractivity contribution in [2.24, 2.45) is 0 Å². The Hall–Kier alpha value is -3.98. The van der Waals surface area contributed by atoms with Crippen LogP contribution in [-0.2, 0) is 17.6 Å². The van der Waals surface area contributed by atoms with E-state index in [0.717, 1.165) is 30.4 Å². The molecule has 0 bridgehead atoms. The molecule has 2 amide bonds. The van der Waals surface area contributed by atoms with Gasteiger partial charge in [-0.05, 0) is 12.1 Å². The zero-order valence-electron chi connectivity index (χ0n) is 21.1. The van der Waals surface area contributed by atoms with Crippen LogP contribution < -0.4 is 15.4 Å². The first-order chi connectivity index (χ1) is 18.3. The van der Waals surface area contributed by atoms with Crippen molar-refractivity contribution in [3.63, 3.8) is 0 Å². The van der Waals surface area contributed by atoms with E-state index in [0.29, 0.717) is 12.3 Å². The molecule has 0 spiro atoms. The van der Waals surface area contributed by atoms with Crippen molar-refractivity contribution in [2.75, 3.05) is 17.2 Å². The molecule has 0 aliphatic carbocycles. The zero-order valence-corrected chi connectivity index (χ0v) is 22.1. The standard InChI is InChI=1S/C24H25F5N6O3Si/c1-39(2,3)7-6-37-13-35-12-16(24(27,28)29)20-19(4-5-30-22(20)35)38-21-17(25)8-14(9-18(21)26)33-23(36)34-15-10-31-32-11-15/h4-5,8-12H,6-7,13H2,1-3H3,(H,31,32)(H2,33,34,36). The normalized spacial score (nSPS) is 12.1. The molecule has 0 fully saturated rings. The number of carbonyl (C=O) groups excluding carboxylic acids is 1. The summed E-state index contributed by atoms with van der Waals surface area (Å²) < 4.78 is 83.6. The van der Waals surface area contributed by atoms with Gasteiger partial charge in [-0.2, -0.15) is 18.3 Å². The van der Waals surface area contributed by atoms with E-state index in [1.54, 1.807) is 0 Å². The number of halogens is 5. The summed E-state index contributed by atoms with van der Waals surface area (Å²) in [5.74, 6) is -3.90. The average molecular weight is 569 g/mol. The Bertz CT molecular complexity index is 1440. The number of pyridine rings is 1. The van der Waals surface area contributed by atoms with Gasteiger partial charge in [-0.3, -0.25) is 5.10 Å². The van der Waals surface area contributed by atoms with Gasteiger partial charge in [0.15, 0.2) is 17.4 Å². The van der Waals surface area contributed by atoms with Crippen molar-refractivity contribution >= 4 is 36.5 Å². The lowest BCUT2D eigenvalue weighted by Crippen LogP contribution is -2.22. The van der Waals surface area contributed by atoms with Crippen LogP contribution in [0, 0.1) is 11.6 Å². The van der Waals surface area contributed by atoms with E-state index in [9.17, 15) is 26.7 Å². The lowest BCUT2D eigenvalue weighted by Gasteiger charge is -2.15. The first kappa shape index (κ1) is 28.0. The summed E-state index contributed by atoms with van der Waals surface area (Å²) in [5, 5.41) is 10.3. The molecule has 0 saturated carbocycles. The molecule has 1 aromatic carbocycles. The lowest BCUT2D eigenvalue weighted by atomic mass is 10.2. The Morgan fingerprint density at radius 3 is 2.44 bits per heavy atom. The van der Waals surface area contributed by atoms with E-state index in [2.05, 4.69) is 45.5 Å². The minimum atomic E-state index is -4.81. The maximum Gasteiger partial charge on any atom is 0.418 e. The number of aromatic amines is 1. The number of fused-ring (bicyclic) bond motifs is 1. The largest absolute Gasteiger partial charge is 0.450 e. The Kier molecular flexibility index (Phi) is 7.92. The Labute approximate surface area is 220 Å². The highest BCUT2D eigenvalue weighted by molar-refractivity contribution is 6.76. The quantitative estimate of drug-likeness (QED) is 0.117. The fourth-order valence-electron chi connectivity index (χ4n) is 3.58. The molecular formula is C24H25F5N6O3Si.